The first-order valence-corrected chi connectivity index (χ1v) is 10.3. The van der Waals surface area contributed by atoms with Gasteiger partial charge in [0.15, 0.2) is 5.16 Å². The van der Waals surface area contributed by atoms with Crippen molar-refractivity contribution in [3.63, 3.8) is 0 Å². The van der Waals surface area contributed by atoms with Gasteiger partial charge in [0.25, 0.3) is 5.56 Å². The lowest BCUT2D eigenvalue weighted by molar-refractivity contribution is 0.240. The number of thioether (sulfide) groups is 1. The molecule has 1 aliphatic rings. The largest absolute Gasteiger partial charge is 0.301 e. The van der Waals surface area contributed by atoms with E-state index in [0.717, 1.165) is 47.6 Å². The van der Waals surface area contributed by atoms with Gasteiger partial charge < -0.3 is 4.98 Å². The van der Waals surface area contributed by atoms with Crippen LogP contribution in [0.15, 0.2) is 52.5 Å². The number of nitrogens with one attached hydrogen (secondary N) is 1. The molecule has 0 spiro atoms. The van der Waals surface area contributed by atoms with Crippen LogP contribution in [0, 0.1) is 0 Å². The highest BCUT2D eigenvalue weighted by atomic mass is 35.5. The van der Waals surface area contributed by atoms with Crippen molar-refractivity contribution in [3.05, 3.63) is 74.8 Å². The lowest BCUT2D eigenvalue weighted by Gasteiger charge is -2.27. The molecule has 0 saturated heterocycles. The van der Waals surface area contributed by atoms with Gasteiger partial charge in [-0.25, -0.2) is 4.98 Å². The molecule has 3 aromatic rings. The molecule has 27 heavy (non-hydrogen) atoms. The number of halogens is 1. The number of pyridine rings is 1. The zero-order valence-corrected chi connectivity index (χ0v) is 16.5. The van der Waals surface area contributed by atoms with Gasteiger partial charge in [0.05, 0.1) is 17.0 Å². The third-order valence-corrected chi connectivity index (χ3v) is 5.61. The Morgan fingerprint density at radius 2 is 2.11 bits per heavy atom. The summed E-state index contributed by atoms with van der Waals surface area (Å²) in [4.78, 5) is 26.5. The van der Waals surface area contributed by atoms with Crippen LogP contribution in [-0.4, -0.2) is 32.7 Å². The second-order valence-corrected chi connectivity index (χ2v) is 7.69. The number of aromatic amines is 1. The van der Waals surface area contributed by atoms with E-state index in [4.69, 9.17) is 11.6 Å². The van der Waals surface area contributed by atoms with E-state index in [-0.39, 0.29) is 5.56 Å². The summed E-state index contributed by atoms with van der Waals surface area (Å²) in [6, 6.07) is 11.8. The maximum atomic E-state index is 12.3. The van der Waals surface area contributed by atoms with Crippen molar-refractivity contribution < 1.29 is 0 Å². The quantitative estimate of drug-likeness (QED) is 0.535. The van der Waals surface area contributed by atoms with Crippen LogP contribution in [0.5, 0.6) is 0 Å². The zero-order valence-electron chi connectivity index (χ0n) is 14.9. The van der Waals surface area contributed by atoms with Gasteiger partial charge in [-0.1, -0.05) is 47.6 Å². The van der Waals surface area contributed by atoms with Crippen molar-refractivity contribution in [3.8, 4) is 11.3 Å². The van der Waals surface area contributed by atoms with Gasteiger partial charge in [-0.15, -0.1) is 0 Å². The van der Waals surface area contributed by atoms with Crippen LogP contribution in [0.4, 0.5) is 0 Å². The van der Waals surface area contributed by atoms with Gasteiger partial charge in [0.1, 0.15) is 0 Å². The maximum Gasteiger partial charge on any atom is 0.256 e. The van der Waals surface area contributed by atoms with Crippen LogP contribution in [0.25, 0.3) is 11.3 Å². The highest BCUT2D eigenvalue weighted by molar-refractivity contribution is 7.98. The third-order valence-electron chi connectivity index (χ3n) is 4.70. The first kappa shape index (κ1) is 18.2. The minimum Gasteiger partial charge on any atom is -0.301 e. The summed E-state index contributed by atoms with van der Waals surface area (Å²) in [5, 5.41) is 1.38. The fraction of sp³-hybridized carbons (Fsp3) is 0.250. The summed E-state index contributed by atoms with van der Waals surface area (Å²) in [7, 11) is 0. The Hall–Kier alpha value is -2.15. The molecule has 5 nitrogen and oxygen atoms in total. The average Bonchev–Trinajstić information content (AvgIpc) is 2.69. The van der Waals surface area contributed by atoms with E-state index in [2.05, 4.69) is 25.9 Å². The molecule has 0 radical (unpaired) electrons. The number of nitrogens with zero attached hydrogens (tertiary/aromatic N) is 3. The molecule has 0 amide bonds. The number of aromatic nitrogens is 3. The van der Waals surface area contributed by atoms with E-state index in [9.17, 15) is 4.79 Å². The van der Waals surface area contributed by atoms with Crippen molar-refractivity contribution in [1.29, 1.82) is 0 Å². The molecule has 138 valence electrons. The molecule has 0 bridgehead atoms. The monoisotopic (exact) mass is 398 g/mol. The van der Waals surface area contributed by atoms with E-state index in [0.29, 0.717) is 16.7 Å². The van der Waals surface area contributed by atoms with Crippen LogP contribution >= 0.6 is 23.4 Å². The van der Waals surface area contributed by atoms with Crippen LogP contribution in [0.3, 0.4) is 0 Å². The SMILES string of the molecule is CSc1nc2c(c(=O)[nH]1)CN(Cc1ccc(-c3ccccc3Cl)nc1)CC2. The molecule has 0 atom stereocenters. The van der Waals surface area contributed by atoms with Crippen molar-refractivity contribution in [2.75, 3.05) is 12.8 Å². The van der Waals surface area contributed by atoms with Crippen LogP contribution in [0.2, 0.25) is 5.02 Å². The summed E-state index contributed by atoms with van der Waals surface area (Å²) in [6.45, 7) is 2.24. The Bertz CT molecular complexity index is 1020. The summed E-state index contributed by atoms with van der Waals surface area (Å²) in [5.41, 5.74) is 4.57. The zero-order chi connectivity index (χ0) is 18.8. The Morgan fingerprint density at radius 1 is 1.26 bits per heavy atom. The summed E-state index contributed by atoms with van der Waals surface area (Å²) in [5.74, 6) is 0. The van der Waals surface area contributed by atoms with Crippen molar-refractivity contribution in [2.45, 2.75) is 24.7 Å². The number of H-pyrrole nitrogens is 1. The maximum absolute atomic E-state index is 12.3. The molecule has 4 rings (SSSR count). The smallest absolute Gasteiger partial charge is 0.256 e. The fourth-order valence-electron chi connectivity index (χ4n) is 3.29. The van der Waals surface area contributed by atoms with Crippen molar-refractivity contribution >= 4 is 23.4 Å². The van der Waals surface area contributed by atoms with Gasteiger partial charge in [-0.3, -0.25) is 14.7 Å². The van der Waals surface area contributed by atoms with E-state index < -0.39 is 0 Å². The van der Waals surface area contributed by atoms with E-state index >= 15 is 0 Å². The van der Waals surface area contributed by atoms with Gasteiger partial charge >= 0.3 is 0 Å². The number of hydrogen-bond acceptors (Lipinski definition) is 5. The summed E-state index contributed by atoms with van der Waals surface area (Å²) < 4.78 is 0. The summed E-state index contributed by atoms with van der Waals surface area (Å²) in [6.07, 6.45) is 4.59. The van der Waals surface area contributed by atoms with Crippen molar-refractivity contribution in [1.82, 2.24) is 19.9 Å². The highest BCUT2D eigenvalue weighted by Crippen LogP contribution is 2.26. The molecular weight excluding hydrogens is 380 g/mol. The molecule has 1 N–H and O–H groups in total. The van der Waals surface area contributed by atoms with Gasteiger partial charge in [0, 0.05) is 42.8 Å². The molecule has 0 aliphatic carbocycles. The topological polar surface area (TPSA) is 61.9 Å². The number of fused-ring (bicyclic) bond motifs is 1. The average molecular weight is 399 g/mol. The minimum atomic E-state index is -0.0266. The molecule has 1 aliphatic heterocycles. The van der Waals surface area contributed by atoms with Gasteiger partial charge in [-0.05, 0) is 24.0 Å². The summed E-state index contributed by atoms with van der Waals surface area (Å²) >= 11 is 7.71. The van der Waals surface area contributed by atoms with Crippen LogP contribution in [-0.2, 0) is 19.5 Å². The molecule has 2 aromatic heterocycles. The number of hydrogen-bond donors (Lipinski definition) is 1. The van der Waals surface area contributed by atoms with Crippen LogP contribution in [0.1, 0.15) is 16.8 Å². The predicted octanol–water partition coefficient (Wildman–Crippen LogP) is 3.77. The van der Waals surface area contributed by atoms with Crippen LogP contribution < -0.4 is 5.56 Å². The Kier molecular flexibility index (Phi) is 5.29. The van der Waals surface area contributed by atoms with Gasteiger partial charge in [0.2, 0.25) is 0 Å². The second-order valence-electron chi connectivity index (χ2n) is 6.49. The Labute approximate surface area is 166 Å². The molecule has 3 heterocycles. The Balaban J connectivity index is 1.49. The number of rotatable bonds is 4. The molecule has 7 heteroatoms. The first-order chi connectivity index (χ1) is 13.1. The van der Waals surface area contributed by atoms with E-state index in [1.165, 1.54) is 11.8 Å². The number of benzene rings is 1. The molecule has 0 saturated carbocycles. The minimum absolute atomic E-state index is 0.0266. The highest BCUT2D eigenvalue weighted by Gasteiger charge is 2.21. The third kappa shape index (κ3) is 3.93. The molecule has 0 unspecified atom stereocenters. The standard InChI is InChI=1S/C20H19ClN4OS/c1-27-20-23-18-8-9-25(12-15(18)19(26)24-20)11-13-6-7-17(22-10-13)14-4-2-3-5-16(14)21/h2-7,10H,8-9,11-12H2,1H3,(H,23,24,26). The lowest BCUT2D eigenvalue weighted by atomic mass is 10.1. The predicted molar refractivity (Wildman–Crippen MR) is 109 cm³/mol. The molecule has 1 aromatic carbocycles. The van der Waals surface area contributed by atoms with E-state index in [1.54, 1.807) is 0 Å². The van der Waals surface area contributed by atoms with E-state index in [1.807, 2.05) is 42.8 Å². The van der Waals surface area contributed by atoms with Gasteiger partial charge in [-0.2, -0.15) is 0 Å². The first-order valence-electron chi connectivity index (χ1n) is 8.72. The second kappa shape index (κ2) is 7.84. The Morgan fingerprint density at radius 3 is 2.85 bits per heavy atom. The molecule has 0 fully saturated rings. The lowest BCUT2D eigenvalue weighted by Crippen LogP contribution is -2.35. The molecular formula is C20H19ClN4OS. The van der Waals surface area contributed by atoms with Crippen molar-refractivity contribution in [2.24, 2.45) is 0 Å². The normalized spacial score (nSPS) is 14.1. The fourth-order valence-corrected chi connectivity index (χ4v) is 3.92.